The summed E-state index contributed by atoms with van der Waals surface area (Å²) < 4.78 is 26.9. The first-order valence-corrected chi connectivity index (χ1v) is 10.9. The Balaban J connectivity index is 2.24. The maximum atomic E-state index is 12.0. The average molecular weight is 375 g/mol. The molecule has 0 aliphatic carbocycles. The highest BCUT2D eigenvalue weighted by molar-refractivity contribution is 7.91. The summed E-state index contributed by atoms with van der Waals surface area (Å²) in [5.74, 6) is 0.702. The Morgan fingerprint density at radius 3 is 2.71 bits per heavy atom. The number of hydrogen-bond acceptors (Lipinski definition) is 4. The Bertz CT molecular complexity index is 571. The zero-order chi connectivity index (χ0) is 17.8. The van der Waals surface area contributed by atoms with E-state index in [0.717, 1.165) is 6.42 Å². The molecule has 138 valence electrons. The Labute approximate surface area is 150 Å². The van der Waals surface area contributed by atoms with E-state index in [9.17, 15) is 8.42 Å². The van der Waals surface area contributed by atoms with Gasteiger partial charge in [0.2, 0.25) is 10.0 Å². The number of sulfonamides is 1. The van der Waals surface area contributed by atoms with Crippen molar-refractivity contribution in [3.8, 4) is 0 Å². The molecule has 0 fully saturated rings. The molecule has 8 heteroatoms. The molecule has 0 spiro atoms. The van der Waals surface area contributed by atoms with Crippen LogP contribution in [0.25, 0.3) is 0 Å². The zero-order valence-corrected chi connectivity index (χ0v) is 16.5. The van der Waals surface area contributed by atoms with Crippen molar-refractivity contribution >= 4 is 27.3 Å². The monoisotopic (exact) mass is 374 g/mol. The van der Waals surface area contributed by atoms with Gasteiger partial charge in [-0.25, -0.2) is 13.1 Å². The van der Waals surface area contributed by atoms with E-state index < -0.39 is 10.0 Å². The van der Waals surface area contributed by atoms with Gasteiger partial charge in [0.05, 0.1) is 0 Å². The van der Waals surface area contributed by atoms with Gasteiger partial charge < -0.3 is 10.6 Å². The highest BCUT2D eigenvalue weighted by Gasteiger charge is 2.14. The lowest BCUT2D eigenvalue weighted by Crippen LogP contribution is -2.44. The molecule has 0 bridgehead atoms. The highest BCUT2D eigenvalue weighted by atomic mass is 32.2. The summed E-state index contributed by atoms with van der Waals surface area (Å²) in [4.78, 5) is 4.18. The quantitative estimate of drug-likeness (QED) is 0.316. The van der Waals surface area contributed by atoms with Crippen molar-refractivity contribution < 1.29 is 8.42 Å². The summed E-state index contributed by atoms with van der Waals surface area (Å²) in [5.41, 5.74) is 0. The third-order valence-corrected chi connectivity index (χ3v) is 6.43. The van der Waals surface area contributed by atoms with Gasteiger partial charge in [-0.15, -0.1) is 11.3 Å². The second kappa shape index (κ2) is 11.4. The van der Waals surface area contributed by atoms with Crippen LogP contribution in [0.4, 0.5) is 0 Å². The van der Waals surface area contributed by atoms with E-state index in [1.165, 1.54) is 37.0 Å². The predicted octanol–water partition coefficient (Wildman–Crippen LogP) is 2.55. The lowest BCUT2D eigenvalue weighted by atomic mass is 10.1. The SMILES string of the molecule is CCCCCCC(C)NC(=NC)NCCNS(=O)(=O)c1cccs1. The molecule has 1 unspecified atom stereocenters. The largest absolute Gasteiger partial charge is 0.355 e. The molecule has 1 aromatic heterocycles. The molecule has 0 radical (unpaired) electrons. The summed E-state index contributed by atoms with van der Waals surface area (Å²) in [7, 11) is -1.68. The van der Waals surface area contributed by atoms with Crippen molar-refractivity contribution in [2.45, 2.75) is 56.2 Å². The number of hydrogen-bond donors (Lipinski definition) is 3. The van der Waals surface area contributed by atoms with E-state index in [-0.39, 0.29) is 0 Å². The fraction of sp³-hybridized carbons (Fsp3) is 0.688. The van der Waals surface area contributed by atoms with Gasteiger partial charge >= 0.3 is 0 Å². The molecule has 0 aliphatic heterocycles. The Kier molecular flexibility index (Phi) is 9.97. The van der Waals surface area contributed by atoms with Crippen LogP contribution in [0.1, 0.15) is 46.0 Å². The van der Waals surface area contributed by atoms with Crippen molar-refractivity contribution in [1.82, 2.24) is 15.4 Å². The maximum absolute atomic E-state index is 12.0. The Morgan fingerprint density at radius 2 is 2.08 bits per heavy atom. The standard InChI is InChI=1S/C16H30N4O2S2/c1-4-5-6-7-9-14(2)20-16(17-3)18-11-12-19-24(21,22)15-10-8-13-23-15/h8,10,13-14,19H,4-7,9,11-12H2,1-3H3,(H2,17,18,20). The average Bonchev–Trinajstić information content (AvgIpc) is 3.10. The van der Waals surface area contributed by atoms with Gasteiger partial charge in [0.15, 0.2) is 5.96 Å². The molecule has 1 aromatic rings. The van der Waals surface area contributed by atoms with Crippen LogP contribution < -0.4 is 15.4 Å². The first kappa shape index (κ1) is 20.9. The van der Waals surface area contributed by atoms with Gasteiger partial charge in [-0.1, -0.05) is 38.7 Å². The fourth-order valence-corrected chi connectivity index (χ4v) is 4.30. The van der Waals surface area contributed by atoms with Crippen LogP contribution in [0.15, 0.2) is 26.7 Å². The second-order valence-electron chi connectivity index (χ2n) is 5.72. The minimum Gasteiger partial charge on any atom is -0.355 e. The summed E-state index contributed by atoms with van der Waals surface area (Å²) >= 11 is 1.21. The fourth-order valence-electron chi connectivity index (χ4n) is 2.23. The zero-order valence-electron chi connectivity index (χ0n) is 14.8. The van der Waals surface area contributed by atoms with Crippen LogP contribution in [-0.4, -0.2) is 40.6 Å². The number of aliphatic imine (C=N–C) groups is 1. The molecule has 1 atom stereocenters. The van der Waals surface area contributed by atoms with E-state index in [1.54, 1.807) is 24.6 Å². The minimum atomic E-state index is -3.39. The number of nitrogens with one attached hydrogen (secondary N) is 3. The molecule has 0 aliphatic rings. The lowest BCUT2D eigenvalue weighted by Gasteiger charge is -2.18. The van der Waals surface area contributed by atoms with Gasteiger partial charge in [0.25, 0.3) is 0 Å². The summed E-state index contributed by atoms with van der Waals surface area (Å²) in [6.45, 7) is 5.14. The Morgan fingerprint density at radius 1 is 1.29 bits per heavy atom. The molecule has 24 heavy (non-hydrogen) atoms. The van der Waals surface area contributed by atoms with E-state index in [2.05, 4.69) is 34.2 Å². The first-order chi connectivity index (χ1) is 11.5. The summed E-state index contributed by atoms with van der Waals surface area (Å²) in [5, 5.41) is 8.22. The normalized spacial score (nSPS) is 13.7. The van der Waals surface area contributed by atoms with Gasteiger partial charge in [-0.3, -0.25) is 4.99 Å². The van der Waals surface area contributed by atoms with Crippen molar-refractivity contribution in [3.63, 3.8) is 0 Å². The molecule has 0 saturated heterocycles. The lowest BCUT2D eigenvalue weighted by molar-refractivity contribution is 0.536. The van der Waals surface area contributed by atoms with E-state index in [4.69, 9.17) is 0 Å². The van der Waals surface area contributed by atoms with E-state index in [1.807, 2.05) is 0 Å². The van der Waals surface area contributed by atoms with Crippen LogP contribution in [0.3, 0.4) is 0 Å². The van der Waals surface area contributed by atoms with Gasteiger partial charge in [0, 0.05) is 26.2 Å². The van der Waals surface area contributed by atoms with Crippen LogP contribution in [0, 0.1) is 0 Å². The number of guanidine groups is 1. The minimum absolute atomic E-state index is 0.311. The third kappa shape index (κ3) is 8.12. The number of thiophene rings is 1. The third-order valence-electron chi connectivity index (χ3n) is 3.57. The number of unbranched alkanes of at least 4 members (excludes halogenated alkanes) is 3. The molecule has 0 aromatic carbocycles. The van der Waals surface area contributed by atoms with Crippen molar-refractivity contribution in [2.24, 2.45) is 4.99 Å². The van der Waals surface area contributed by atoms with Crippen LogP contribution in [0.2, 0.25) is 0 Å². The van der Waals surface area contributed by atoms with Crippen molar-refractivity contribution in [2.75, 3.05) is 20.1 Å². The van der Waals surface area contributed by atoms with Crippen LogP contribution in [0.5, 0.6) is 0 Å². The van der Waals surface area contributed by atoms with Gasteiger partial charge in [0.1, 0.15) is 4.21 Å². The highest BCUT2D eigenvalue weighted by Crippen LogP contribution is 2.14. The maximum Gasteiger partial charge on any atom is 0.250 e. The number of nitrogens with zero attached hydrogens (tertiary/aromatic N) is 1. The van der Waals surface area contributed by atoms with Crippen LogP contribution >= 0.6 is 11.3 Å². The Hall–Kier alpha value is -1.12. The molecule has 3 N–H and O–H groups in total. The topological polar surface area (TPSA) is 82.6 Å². The van der Waals surface area contributed by atoms with Gasteiger partial charge in [-0.2, -0.15) is 0 Å². The molecule has 0 saturated carbocycles. The van der Waals surface area contributed by atoms with Crippen molar-refractivity contribution in [3.05, 3.63) is 17.5 Å². The van der Waals surface area contributed by atoms with E-state index >= 15 is 0 Å². The first-order valence-electron chi connectivity index (χ1n) is 8.50. The molecular weight excluding hydrogens is 344 g/mol. The molecular formula is C16H30N4O2S2. The molecule has 1 rings (SSSR count). The smallest absolute Gasteiger partial charge is 0.250 e. The molecule has 1 heterocycles. The number of rotatable bonds is 11. The van der Waals surface area contributed by atoms with Crippen LogP contribution in [-0.2, 0) is 10.0 Å². The summed E-state index contributed by atoms with van der Waals surface area (Å²) in [6.07, 6.45) is 6.10. The molecule has 6 nitrogen and oxygen atoms in total. The van der Waals surface area contributed by atoms with Crippen molar-refractivity contribution in [1.29, 1.82) is 0 Å². The summed E-state index contributed by atoms with van der Waals surface area (Å²) in [6, 6.07) is 3.67. The second-order valence-corrected chi connectivity index (χ2v) is 8.67. The van der Waals surface area contributed by atoms with Gasteiger partial charge in [-0.05, 0) is 24.8 Å². The predicted molar refractivity (Wildman–Crippen MR) is 102 cm³/mol. The molecule has 0 amide bonds. The van der Waals surface area contributed by atoms with E-state index in [0.29, 0.717) is 29.3 Å².